The van der Waals surface area contributed by atoms with E-state index < -0.39 is 0 Å². The van der Waals surface area contributed by atoms with E-state index >= 15 is 0 Å². The van der Waals surface area contributed by atoms with E-state index in [-0.39, 0.29) is 11.4 Å². The van der Waals surface area contributed by atoms with Crippen LogP contribution >= 0.6 is 0 Å². The van der Waals surface area contributed by atoms with E-state index in [1.807, 2.05) is 36.4 Å². The summed E-state index contributed by atoms with van der Waals surface area (Å²) in [6.07, 6.45) is 1.71. The number of nitrogens with one attached hydrogen (secondary N) is 1. The summed E-state index contributed by atoms with van der Waals surface area (Å²) in [5.74, 6) is -0.302. The maximum atomic E-state index is 13.2. The smallest absolute Gasteiger partial charge is 0.257 e. The number of aromatic amines is 1. The van der Waals surface area contributed by atoms with Gasteiger partial charge in [-0.3, -0.25) is 4.79 Å². The molecule has 5 aromatic rings. The lowest BCUT2D eigenvalue weighted by molar-refractivity contribution is 0.628. The molecule has 0 amide bonds. The quantitative estimate of drug-likeness (QED) is 0.519. The first-order valence-corrected chi connectivity index (χ1v) is 8.42. The summed E-state index contributed by atoms with van der Waals surface area (Å²) in [5.41, 5.74) is 3.83. The van der Waals surface area contributed by atoms with Crippen LogP contribution in [0.1, 0.15) is 0 Å². The van der Waals surface area contributed by atoms with Gasteiger partial charge in [-0.1, -0.05) is 30.3 Å². The third-order valence-electron chi connectivity index (χ3n) is 4.51. The number of H-pyrrole nitrogens is 1. The number of aromatic nitrogens is 4. The van der Waals surface area contributed by atoms with Crippen molar-refractivity contribution in [3.63, 3.8) is 0 Å². The molecule has 0 aliphatic heterocycles. The van der Waals surface area contributed by atoms with Crippen molar-refractivity contribution in [2.45, 2.75) is 0 Å². The molecular formula is C21H13FN4O. The van der Waals surface area contributed by atoms with E-state index in [1.54, 1.807) is 28.9 Å². The average Bonchev–Trinajstić information content (AvgIpc) is 3.13. The molecule has 3 aromatic heterocycles. The van der Waals surface area contributed by atoms with Gasteiger partial charge in [0, 0.05) is 28.8 Å². The zero-order chi connectivity index (χ0) is 18.4. The Kier molecular flexibility index (Phi) is 3.36. The Balaban J connectivity index is 1.72. The van der Waals surface area contributed by atoms with Crippen molar-refractivity contribution in [1.82, 2.24) is 19.6 Å². The maximum absolute atomic E-state index is 13.2. The van der Waals surface area contributed by atoms with Crippen LogP contribution in [0, 0.1) is 5.82 Å². The van der Waals surface area contributed by atoms with Crippen LogP contribution in [0.2, 0.25) is 0 Å². The molecule has 0 spiro atoms. The van der Waals surface area contributed by atoms with Gasteiger partial charge in [0.05, 0.1) is 5.69 Å². The molecule has 130 valence electrons. The zero-order valence-corrected chi connectivity index (χ0v) is 14.1. The van der Waals surface area contributed by atoms with Gasteiger partial charge in [0.2, 0.25) is 0 Å². The molecule has 0 aliphatic rings. The number of rotatable bonds is 2. The van der Waals surface area contributed by atoms with Crippen LogP contribution in [0.5, 0.6) is 0 Å². The molecule has 2 aromatic carbocycles. The second-order valence-electron chi connectivity index (χ2n) is 6.25. The van der Waals surface area contributed by atoms with Crippen molar-refractivity contribution < 1.29 is 4.39 Å². The fourth-order valence-corrected chi connectivity index (χ4v) is 3.17. The second-order valence-corrected chi connectivity index (χ2v) is 6.25. The molecule has 27 heavy (non-hydrogen) atoms. The Morgan fingerprint density at radius 2 is 1.70 bits per heavy atom. The van der Waals surface area contributed by atoms with Crippen molar-refractivity contribution in [3.05, 3.63) is 89.1 Å². The Morgan fingerprint density at radius 1 is 0.926 bits per heavy atom. The Morgan fingerprint density at radius 3 is 2.48 bits per heavy atom. The van der Waals surface area contributed by atoms with Crippen molar-refractivity contribution in [2.75, 3.05) is 0 Å². The third kappa shape index (κ3) is 2.58. The van der Waals surface area contributed by atoms with Crippen LogP contribution in [-0.2, 0) is 0 Å². The molecular weight excluding hydrogens is 343 g/mol. The van der Waals surface area contributed by atoms with Gasteiger partial charge in [-0.25, -0.2) is 9.37 Å². The summed E-state index contributed by atoms with van der Waals surface area (Å²) in [4.78, 5) is 20.0. The highest BCUT2D eigenvalue weighted by Gasteiger charge is 2.11. The van der Waals surface area contributed by atoms with Crippen LogP contribution in [0.25, 0.3) is 39.1 Å². The second kappa shape index (κ2) is 5.88. The van der Waals surface area contributed by atoms with Crippen molar-refractivity contribution in [2.24, 2.45) is 0 Å². The highest BCUT2D eigenvalue weighted by atomic mass is 19.1. The van der Waals surface area contributed by atoms with Gasteiger partial charge in [-0.2, -0.15) is 9.61 Å². The van der Waals surface area contributed by atoms with Crippen molar-refractivity contribution in [3.8, 4) is 22.4 Å². The average molecular weight is 356 g/mol. The molecule has 0 aliphatic carbocycles. The zero-order valence-electron chi connectivity index (χ0n) is 14.1. The molecule has 0 atom stereocenters. The van der Waals surface area contributed by atoms with Gasteiger partial charge in [-0.05, 0) is 35.9 Å². The lowest BCUT2D eigenvalue weighted by Crippen LogP contribution is -2.11. The number of hydrogen-bond acceptors (Lipinski definition) is 3. The van der Waals surface area contributed by atoms with Crippen LogP contribution in [0.4, 0.5) is 4.39 Å². The minimum atomic E-state index is -0.302. The van der Waals surface area contributed by atoms with Gasteiger partial charge in [-0.15, -0.1) is 0 Å². The third-order valence-corrected chi connectivity index (χ3v) is 4.51. The molecule has 0 unspecified atom stereocenters. The Hall–Kier alpha value is -3.80. The molecule has 3 heterocycles. The monoisotopic (exact) mass is 356 g/mol. The summed E-state index contributed by atoms with van der Waals surface area (Å²) in [6.45, 7) is 0. The molecule has 5 nitrogen and oxygen atoms in total. The van der Waals surface area contributed by atoms with Crippen LogP contribution in [-0.4, -0.2) is 19.6 Å². The summed E-state index contributed by atoms with van der Waals surface area (Å²) in [7, 11) is 0. The Labute approximate surface area is 152 Å². The predicted octanol–water partition coefficient (Wildman–Crippen LogP) is 4.04. The van der Waals surface area contributed by atoms with Gasteiger partial charge < -0.3 is 4.98 Å². The maximum Gasteiger partial charge on any atom is 0.257 e. The lowest BCUT2D eigenvalue weighted by Gasteiger charge is -2.04. The lowest BCUT2D eigenvalue weighted by atomic mass is 10.1. The van der Waals surface area contributed by atoms with Gasteiger partial charge in [0.25, 0.3) is 5.56 Å². The molecule has 5 rings (SSSR count). The summed E-state index contributed by atoms with van der Waals surface area (Å²) in [6, 6.07) is 19.2. The molecule has 0 radical (unpaired) electrons. The molecule has 0 bridgehead atoms. The largest absolute Gasteiger partial charge is 0.306 e. The van der Waals surface area contributed by atoms with Crippen LogP contribution in [0.15, 0.2) is 77.7 Å². The minimum absolute atomic E-state index is 0.194. The van der Waals surface area contributed by atoms with E-state index in [0.717, 1.165) is 16.5 Å². The van der Waals surface area contributed by atoms with Crippen LogP contribution < -0.4 is 5.56 Å². The van der Waals surface area contributed by atoms with Gasteiger partial charge >= 0.3 is 0 Å². The van der Waals surface area contributed by atoms with E-state index in [1.165, 1.54) is 12.1 Å². The highest BCUT2D eigenvalue weighted by molar-refractivity contribution is 5.82. The molecule has 1 N–H and O–H groups in total. The van der Waals surface area contributed by atoms with E-state index in [0.29, 0.717) is 22.6 Å². The van der Waals surface area contributed by atoms with E-state index in [2.05, 4.69) is 15.1 Å². The van der Waals surface area contributed by atoms with Gasteiger partial charge in [0.1, 0.15) is 11.5 Å². The predicted molar refractivity (Wildman–Crippen MR) is 102 cm³/mol. The molecule has 0 fully saturated rings. The molecule has 0 saturated heterocycles. The number of hydrogen-bond donors (Lipinski definition) is 1. The Bertz CT molecular complexity index is 1340. The standard InChI is InChI=1S/C21H13FN4O/c22-16-8-6-14(7-9-16)18-11-19-23-12-15-10-17(13-4-2-1-3-5-13)21(27)24-20(15)26(19)25-18/h1-12H,(H,24,27). The van der Waals surface area contributed by atoms with Crippen molar-refractivity contribution >= 4 is 16.7 Å². The summed E-state index contributed by atoms with van der Waals surface area (Å²) in [5, 5.41) is 5.32. The number of benzene rings is 2. The van der Waals surface area contributed by atoms with E-state index in [9.17, 15) is 9.18 Å². The number of nitrogens with zero attached hydrogens (tertiary/aromatic N) is 3. The summed E-state index contributed by atoms with van der Waals surface area (Å²) >= 11 is 0. The first kappa shape index (κ1) is 15.5. The number of fused-ring (bicyclic) bond motifs is 3. The number of pyridine rings is 1. The normalized spacial score (nSPS) is 11.3. The first-order chi connectivity index (χ1) is 13.2. The highest BCUT2D eigenvalue weighted by Crippen LogP contribution is 2.23. The molecule has 0 saturated carbocycles. The van der Waals surface area contributed by atoms with Gasteiger partial charge in [0.15, 0.2) is 5.65 Å². The SMILES string of the molecule is O=c1[nH]c2c(cnc3cc(-c4ccc(F)cc4)nn32)cc1-c1ccccc1. The number of halogens is 1. The van der Waals surface area contributed by atoms with Crippen LogP contribution in [0.3, 0.4) is 0 Å². The fourth-order valence-electron chi connectivity index (χ4n) is 3.17. The fraction of sp³-hybridized carbons (Fsp3) is 0. The first-order valence-electron chi connectivity index (χ1n) is 8.42. The van der Waals surface area contributed by atoms with E-state index in [4.69, 9.17) is 0 Å². The topological polar surface area (TPSA) is 63.0 Å². The summed E-state index contributed by atoms with van der Waals surface area (Å²) < 4.78 is 14.8. The molecule has 6 heteroatoms. The minimum Gasteiger partial charge on any atom is -0.306 e. The van der Waals surface area contributed by atoms with Crippen molar-refractivity contribution in [1.29, 1.82) is 0 Å².